The molecule has 3 atom stereocenters. The molecule has 140 valence electrons. The van der Waals surface area contributed by atoms with Crippen LogP contribution in [0, 0.1) is 5.92 Å². The fourth-order valence-corrected chi connectivity index (χ4v) is 4.64. The minimum Gasteiger partial charge on any atom is -0.506 e. The Morgan fingerprint density at radius 2 is 2.07 bits per heavy atom. The zero-order valence-electron chi connectivity index (χ0n) is 14.8. The number of amides is 1. The number of benzene rings is 2. The van der Waals surface area contributed by atoms with Crippen molar-refractivity contribution in [3.63, 3.8) is 0 Å². The lowest BCUT2D eigenvalue weighted by Gasteiger charge is -2.38. The van der Waals surface area contributed by atoms with Crippen molar-refractivity contribution in [2.75, 3.05) is 11.9 Å². The van der Waals surface area contributed by atoms with Crippen LogP contribution in [0.1, 0.15) is 46.8 Å². The largest absolute Gasteiger partial charge is 0.506 e. The highest BCUT2D eigenvalue weighted by Crippen LogP contribution is 2.52. The summed E-state index contributed by atoms with van der Waals surface area (Å²) in [6.07, 6.45) is 5.21. The Morgan fingerprint density at radius 3 is 2.85 bits per heavy atom. The van der Waals surface area contributed by atoms with Crippen LogP contribution in [0.3, 0.4) is 0 Å². The highest BCUT2D eigenvalue weighted by Gasteiger charge is 2.39. The highest BCUT2D eigenvalue weighted by atomic mass is 35.5. The van der Waals surface area contributed by atoms with E-state index >= 15 is 0 Å². The van der Waals surface area contributed by atoms with Crippen LogP contribution in [0.2, 0.25) is 10.0 Å². The molecular weight excluding hydrogens is 383 g/mol. The van der Waals surface area contributed by atoms with Gasteiger partial charge in [-0.2, -0.15) is 0 Å². The van der Waals surface area contributed by atoms with E-state index in [1.54, 1.807) is 12.1 Å². The van der Waals surface area contributed by atoms with E-state index in [1.807, 2.05) is 25.1 Å². The normalized spacial score (nSPS) is 22.7. The summed E-state index contributed by atoms with van der Waals surface area (Å²) in [5.74, 6) is 0.368. The average Bonchev–Trinajstić information content (AvgIpc) is 3.14. The number of allylic oxidation sites excluding steroid dienone is 2. The SMILES string of the molecule is CCNC(=O)c1ccc2c(c1)C1C=CCC1C(c1cc(Cl)cc(Cl)c1O)N2. The minimum atomic E-state index is -0.121. The molecule has 3 unspecified atom stereocenters. The van der Waals surface area contributed by atoms with Crippen molar-refractivity contribution in [1.29, 1.82) is 0 Å². The number of anilines is 1. The van der Waals surface area contributed by atoms with Crippen molar-refractivity contribution in [1.82, 2.24) is 5.32 Å². The lowest BCUT2D eigenvalue weighted by Crippen LogP contribution is -2.30. The smallest absolute Gasteiger partial charge is 0.251 e. The first-order chi connectivity index (χ1) is 13.0. The van der Waals surface area contributed by atoms with Crippen LogP contribution < -0.4 is 10.6 Å². The second-order valence-electron chi connectivity index (χ2n) is 6.96. The molecule has 0 saturated heterocycles. The fourth-order valence-electron chi connectivity index (χ4n) is 4.13. The number of carbonyl (C=O) groups is 1. The van der Waals surface area contributed by atoms with Crippen LogP contribution in [0.5, 0.6) is 5.75 Å². The Morgan fingerprint density at radius 1 is 1.26 bits per heavy atom. The van der Waals surface area contributed by atoms with E-state index < -0.39 is 0 Å². The van der Waals surface area contributed by atoms with Crippen LogP contribution in [0.4, 0.5) is 5.69 Å². The van der Waals surface area contributed by atoms with E-state index in [1.165, 1.54) is 0 Å². The molecule has 0 saturated carbocycles. The summed E-state index contributed by atoms with van der Waals surface area (Å²) in [7, 11) is 0. The Kier molecular flexibility index (Phi) is 4.79. The molecule has 1 aliphatic carbocycles. The van der Waals surface area contributed by atoms with Gasteiger partial charge in [-0.05, 0) is 55.2 Å². The van der Waals surface area contributed by atoms with Gasteiger partial charge in [0, 0.05) is 34.3 Å². The number of phenols is 1. The summed E-state index contributed by atoms with van der Waals surface area (Å²) in [6.45, 7) is 2.50. The Balaban J connectivity index is 1.76. The first-order valence-electron chi connectivity index (χ1n) is 9.02. The van der Waals surface area contributed by atoms with Crippen LogP contribution in [0.15, 0.2) is 42.5 Å². The standard InChI is InChI=1S/C21H20Cl2N2O2/c1-2-24-21(27)11-6-7-18-15(8-11)13-4-3-5-14(13)19(25-18)16-9-12(22)10-17(23)20(16)26/h3-4,6-10,13-14,19,25-26H,2,5H2,1H3,(H,24,27). The average molecular weight is 403 g/mol. The van der Waals surface area contributed by atoms with Crippen LogP contribution in [0.25, 0.3) is 0 Å². The summed E-state index contributed by atoms with van der Waals surface area (Å²) in [5, 5.41) is 17.6. The van der Waals surface area contributed by atoms with Gasteiger partial charge in [0.1, 0.15) is 5.75 Å². The molecule has 0 bridgehead atoms. The number of aromatic hydroxyl groups is 1. The molecule has 6 heteroatoms. The minimum absolute atomic E-state index is 0.0617. The molecule has 0 fully saturated rings. The molecule has 4 rings (SSSR count). The molecule has 0 radical (unpaired) electrons. The van der Waals surface area contributed by atoms with Gasteiger partial charge in [-0.1, -0.05) is 35.4 Å². The number of rotatable bonds is 3. The Hall–Kier alpha value is -2.17. The highest BCUT2D eigenvalue weighted by molar-refractivity contribution is 6.35. The van der Waals surface area contributed by atoms with Gasteiger partial charge in [-0.25, -0.2) is 0 Å². The molecule has 1 amide bonds. The van der Waals surface area contributed by atoms with E-state index in [9.17, 15) is 9.90 Å². The maximum absolute atomic E-state index is 12.2. The van der Waals surface area contributed by atoms with Crippen LogP contribution >= 0.6 is 23.2 Å². The fraction of sp³-hybridized carbons (Fsp3) is 0.286. The second kappa shape index (κ2) is 7.10. The van der Waals surface area contributed by atoms with Gasteiger partial charge >= 0.3 is 0 Å². The third-order valence-corrected chi connectivity index (χ3v) is 5.86. The molecule has 2 aliphatic rings. The number of fused-ring (bicyclic) bond motifs is 3. The van der Waals surface area contributed by atoms with Crippen molar-refractivity contribution in [3.05, 3.63) is 69.2 Å². The van der Waals surface area contributed by atoms with E-state index in [-0.39, 0.29) is 34.6 Å². The zero-order valence-corrected chi connectivity index (χ0v) is 16.3. The quantitative estimate of drug-likeness (QED) is 0.612. The van der Waals surface area contributed by atoms with Crippen molar-refractivity contribution in [2.24, 2.45) is 5.92 Å². The molecule has 3 N–H and O–H groups in total. The number of halogens is 2. The number of hydrogen-bond donors (Lipinski definition) is 3. The van der Waals surface area contributed by atoms with Gasteiger partial charge in [-0.15, -0.1) is 0 Å². The number of carbonyl (C=O) groups excluding carboxylic acids is 1. The van der Waals surface area contributed by atoms with Gasteiger partial charge in [0.05, 0.1) is 11.1 Å². The maximum atomic E-state index is 12.2. The van der Waals surface area contributed by atoms with Gasteiger partial charge in [0.25, 0.3) is 5.91 Å². The zero-order chi connectivity index (χ0) is 19.1. The molecule has 0 spiro atoms. The van der Waals surface area contributed by atoms with Crippen molar-refractivity contribution in [2.45, 2.75) is 25.3 Å². The van der Waals surface area contributed by atoms with Crippen molar-refractivity contribution < 1.29 is 9.90 Å². The molecule has 27 heavy (non-hydrogen) atoms. The first-order valence-corrected chi connectivity index (χ1v) is 9.78. The summed E-state index contributed by atoms with van der Waals surface area (Å²) in [5.41, 5.74) is 3.41. The van der Waals surface area contributed by atoms with Crippen LogP contribution in [-0.4, -0.2) is 17.6 Å². The summed E-state index contributed by atoms with van der Waals surface area (Å²) in [6, 6.07) is 8.90. The first kappa shape index (κ1) is 18.2. The molecule has 1 heterocycles. The van der Waals surface area contributed by atoms with E-state index in [0.717, 1.165) is 17.7 Å². The second-order valence-corrected chi connectivity index (χ2v) is 7.81. The lowest BCUT2D eigenvalue weighted by atomic mass is 9.76. The van der Waals surface area contributed by atoms with E-state index in [4.69, 9.17) is 23.2 Å². The monoisotopic (exact) mass is 402 g/mol. The van der Waals surface area contributed by atoms with Crippen LogP contribution in [-0.2, 0) is 0 Å². The van der Waals surface area contributed by atoms with Gasteiger partial charge in [0.2, 0.25) is 0 Å². The third-order valence-electron chi connectivity index (χ3n) is 5.36. The molecule has 2 aromatic carbocycles. The predicted octanol–water partition coefficient (Wildman–Crippen LogP) is 5.28. The molecular formula is C21H20Cl2N2O2. The van der Waals surface area contributed by atoms with Gasteiger partial charge in [-0.3, -0.25) is 4.79 Å². The Bertz CT molecular complexity index is 942. The summed E-state index contributed by atoms with van der Waals surface area (Å²) >= 11 is 12.3. The topological polar surface area (TPSA) is 61.4 Å². The van der Waals surface area contributed by atoms with E-state index in [0.29, 0.717) is 22.7 Å². The van der Waals surface area contributed by atoms with Crippen molar-refractivity contribution >= 4 is 34.8 Å². The number of phenolic OH excluding ortho intramolecular Hbond substituents is 1. The molecule has 4 nitrogen and oxygen atoms in total. The number of nitrogens with one attached hydrogen (secondary N) is 2. The predicted molar refractivity (Wildman–Crippen MR) is 109 cm³/mol. The molecule has 0 aromatic heterocycles. The summed E-state index contributed by atoms with van der Waals surface area (Å²) < 4.78 is 0. The molecule has 1 aliphatic heterocycles. The van der Waals surface area contributed by atoms with Gasteiger partial charge < -0.3 is 15.7 Å². The third kappa shape index (κ3) is 3.17. The van der Waals surface area contributed by atoms with Gasteiger partial charge in [0.15, 0.2) is 0 Å². The summed E-state index contributed by atoms with van der Waals surface area (Å²) in [4.78, 5) is 12.2. The number of hydrogen-bond acceptors (Lipinski definition) is 3. The maximum Gasteiger partial charge on any atom is 0.251 e. The Labute approximate surface area is 168 Å². The lowest BCUT2D eigenvalue weighted by molar-refractivity contribution is 0.0955. The molecule has 2 aromatic rings. The van der Waals surface area contributed by atoms with Crippen molar-refractivity contribution in [3.8, 4) is 5.75 Å². The van der Waals surface area contributed by atoms with E-state index in [2.05, 4.69) is 22.8 Å².